The number of amides is 3. The third-order valence-electron chi connectivity index (χ3n) is 2.94. The van der Waals surface area contributed by atoms with E-state index < -0.39 is 17.7 Å². The monoisotopic (exact) mass is 291 g/mol. The van der Waals surface area contributed by atoms with Crippen molar-refractivity contribution in [1.82, 2.24) is 15.1 Å². The molecule has 1 fully saturated rings. The first-order valence-electron chi connectivity index (χ1n) is 6.63. The lowest BCUT2D eigenvalue weighted by Crippen LogP contribution is -2.64. The highest BCUT2D eigenvalue weighted by Crippen LogP contribution is 2.19. The molecule has 1 saturated heterocycles. The summed E-state index contributed by atoms with van der Waals surface area (Å²) < 4.78 is 0. The number of hydrazine groups is 2. The number of rotatable bonds is 3. The highest BCUT2D eigenvalue weighted by atomic mass is 16.2. The summed E-state index contributed by atoms with van der Waals surface area (Å²) in [5.41, 5.74) is 0.814. The van der Waals surface area contributed by atoms with Gasteiger partial charge in [-0.2, -0.15) is 0 Å². The van der Waals surface area contributed by atoms with Crippen LogP contribution in [-0.4, -0.2) is 45.9 Å². The first-order chi connectivity index (χ1) is 9.68. The van der Waals surface area contributed by atoms with Crippen molar-refractivity contribution >= 4 is 17.7 Å². The first-order valence-corrected chi connectivity index (χ1v) is 6.63. The predicted octanol–water partition coefficient (Wildman–Crippen LogP) is 1.43. The molecule has 1 aliphatic heterocycles. The number of hydrogen-bond donors (Lipinski definition) is 0. The average Bonchev–Trinajstić information content (AvgIpc) is 2.43. The molecule has 1 aliphatic rings. The van der Waals surface area contributed by atoms with Gasteiger partial charge in [-0.15, -0.1) is 5.12 Å². The minimum absolute atomic E-state index is 0.232. The predicted molar refractivity (Wildman–Crippen MR) is 79.3 cm³/mol. The molecule has 0 aliphatic carbocycles. The zero-order valence-electron chi connectivity index (χ0n) is 12.8. The van der Waals surface area contributed by atoms with Crippen LogP contribution in [0.5, 0.6) is 0 Å². The molecule has 6 nitrogen and oxygen atoms in total. The number of carbonyl (C=O) groups excluding carboxylic acids is 3. The number of nitrogens with zero attached hydrogens (tertiary/aromatic N) is 3. The van der Waals surface area contributed by atoms with Gasteiger partial charge in [-0.3, -0.25) is 14.4 Å². The Morgan fingerprint density at radius 1 is 0.714 bits per heavy atom. The fourth-order valence-electron chi connectivity index (χ4n) is 1.90. The van der Waals surface area contributed by atoms with Crippen LogP contribution in [0.15, 0.2) is 36.5 Å². The zero-order valence-corrected chi connectivity index (χ0v) is 12.8. The quantitative estimate of drug-likeness (QED) is 0.739. The van der Waals surface area contributed by atoms with Gasteiger partial charge in [0, 0.05) is 29.8 Å². The molecule has 21 heavy (non-hydrogen) atoms. The van der Waals surface area contributed by atoms with Crippen molar-refractivity contribution in [3.05, 3.63) is 36.5 Å². The summed E-state index contributed by atoms with van der Waals surface area (Å²) in [5.74, 6) is -1.30. The Balaban J connectivity index is 3.25. The molecule has 0 radical (unpaired) electrons. The van der Waals surface area contributed by atoms with Gasteiger partial charge in [0.05, 0.1) is 0 Å². The molecule has 3 amide bonds. The van der Waals surface area contributed by atoms with E-state index in [1.54, 1.807) is 13.8 Å². The van der Waals surface area contributed by atoms with Crippen molar-refractivity contribution in [3.63, 3.8) is 0 Å². The second-order valence-corrected chi connectivity index (χ2v) is 5.15. The molecule has 0 aromatic heterocycles. The Morgan fingerprint density at radius 3 is 1.33 bits per heavy atom. The smallest absolute Gasteiger partial charge is 0.268 e. The lowest BCUT2D eigenvalue weighted by molar-refractivity contribution is -0.211. The Morgan fingerprint density at radius 2 is 1.05 bits per heavy atom. The normalized spacial score (nSPS) is 14.7. The second kappa shape index (κ2) is 6.39. The Hall–Kier alpha value is -2.37. The van der Waals surface area contributed by atoms with E-state index in [9.17, 15) is 14.4 Å². The molecule has 1 heterocycles. The Bertz CT molecular complexity index is 502. The summed E-state index contributed by atoms with van der Waals surface area (Å²) in [7, 11) is 0. The molecule has 6 heteroatoms. The standard InChI is InChI=1S/C15H21N3O3/c1-10(2)13(19)16-8-7-9-17(14(20)11(3)4)18(16)15(21)12(5)6/h1,3,5,7-9H2,2,4,6H3. The van der Waals surface area contributed by atoms with Crippen molar-refractivity contribution in [2.45, 2.75) is 27.2 Å². The van der Waals surface area contributed by atoms with Gasteiger partial charge < -0.3 is 0 Å². The van der Waals surface area contributed by atoms with Crippen molar-refractivity contribution in [1.29, 1.82) is 0 Å². The van der Waals surface area contributed by atoms with Gasteiger partial charge in [0.2, 0.25) is 0 Å². The molecular weight excluding hydrogens is 270 g/mol. The molecule has 0 unspecified atom stereocenters. The Kier molecular flexibility index (Phi) is 5.07. The maximum absolute atomic E-state index is 12.4. The van der Waals surface area contributed by atoms with E-state index in [0.717, 1.165) is 5.12 Å². The van der Waals surface area contributed by atoms with Gasteiger partial charge in [0.25, 0.3) is 17.7 Å². The number of carbonyl (C=O) groups is 3. The van der Waals surface area contributed by atoms with E-state index in [4.69, 9.17) is 0 Å². The lowest BCUT2D eigenvalue weighted by atomic mass is 10.2. The summed E-state index contributed by atoms with van der Waals surface area (Å²) in [6.45, 7) is 16.1. The fourth-order valence-corrected chi connectivity index (χ4v) is 1.90. The summed E-state index contributed by atoms with van der Waals surface area (Å²) in [6, 6.07) is 0. The van der Waals surface area contributed by atoms with Crippen LogP contribution in [0, 0.1) is 0 Å². The van der Waals surface area contributed by atoms with Crippen molar-refractivity contribution in [3.8, 4) is 0 Å². The molecular formula is C15H21N3O3. The Labute approximate surface area is 124 Å². The summed E-state index contributed by atoms with van der Waals surface area (Å²) in [5, 5.41) is 3.51. The summed E-state index contributed by atoms with van der Waals surface area (Å²) in [4.78, 5) is 36.8. The van der Waals surface area contributed by atoms with Gasteiger partial charge >= 0.3 is 0 Å². The van der Waals surface area contributed by atoms with Crippen molar-refractivity contribution in [2.24, 2.45) is 0 Å². The van der Waals surface area contributed by atoms with E-state index in [0.29, 0.717) is 30.7 Å². The van der Waals surface area contributed by atoms with Crippen LogP contribution in [0.4, 0.5) is 0 Å². The van der Waals surface area contributed by atoms with Gasteiger partial charge in [-0.1, -0.05) is 19.7 Å². The largest absolute Gasteiger partial charge is 0.287 e. The SMILES string of the molecule is C=C(C)C(=O)N1CCCN(C(=O)C(=C)C)N1C(=O)C(=C)C. The summed E-state index contributed by atoms with van der Waals surface area (Å²) >= 11 is 0. The average molecular weight is 291 g/mol. The topological polar surface area (TPSA) is 60.9 Å². The maximum atomic E-state index is 12.4. The third-order valence-corrected chi connectivity index (χ3v) is 2.94. The van der Waals surface area contributed by atoms with E-state index in [2.05, 4.69) is 19.7 Å². The highest BCUT2D eigenvalue weighted by molar-refractivity contribution is 6.00. The minimum atomic E-state index is -0.501. The molecule has 0 saturated carbocycles. The lowest BCUT2D eigenvalue weighted by Gasteiger charge is -2.45. The second-order valence-electron chi connectivity index (χ2n) is 5.15. The van der Waals surface area contributed by atoms with Gasteiger partial charge in [0.1, 0.15) is 0 Å². The van der Waals surface area contributed by atoms with Crippen LogP contribution >= 0.6 is 0 Å². The van der Waals surface area contributed by atoms with E-state index in [-0.39, 0.29) is 5.57 Å². The van der Waals surface area contributed by atoms with E-state index in [1.165, 1.54) is 16.9 Å². The molecule has 0 N–H and O–H groups in total. The van der Waals surface area contributed by atoms with Crippen molar-refractivity contribution in [2.75, 3.05) is 13.1 Å². The fraction of sp³-hybridized carbons (Fsp3) is 0.400. The van der Waals surface area contributed by atoms with Crippen LogP contribution < -0.4 is 0 Å². The van der Waals surface area contributed by atoms with E-state index in [1.807, 2.05) is 0 Å². The maximum Gasteiger partial charge on any atom is 0.287 e. The van der Waals surface area contributed by atoms with Gasteiger partial charge in [0.15, 0.2) is 0 Å². The van der Waals surface area contributed by atoms with Gasteiger partial charge in [-0.05, 0) is 27.2 Å². The third kappa shape index (κ3) is 3.39. The molecule has 1 rings (SSSR count). The first kappa shape index (κ1) is 16.7. The highest BCUT2D eigenvalue weighted by Gasteiger charge is 2.37. The molecule has 114 valence electrons. The van der Waals surface area contributed by atoms with Crippen LogP contribution in [0.1, 0.15) is 27.2 Å². The molecule has 0 spiro atoms. The van der Waals surface area contributed by atoms with Crippen molar-refractivity contribution < 1.29 is 14.4 Å². The number of hydrogen-bond acceptors (Lipinski definition) is 3. The van der Waals surface area contributed by atoms with Crippen LogP contribution in [0.25, 0.3) is 0 Å². The van der Waals surface area contributed by atoms with Crippen LogP contribution in [-0.2, 0) is 14.4 Å². The molecule has 0 aromatic rings. The van der Waals surface area contributed by atoms with Gasteiger partial charge in [-0.25, -0.2) is 10.0 Å². The molecule has 0 aromatic carbocycles. The van der Waals surface area contributed by atoms with Crippen LogP contribution in [0.2, 0.25) is 0 Å². The van der Waals surface area contributed by atoms with E-state index >= 15 is 0 Å². The minimum Gasteiger partial charge on any atom is -0.268 e. The molecule has 0 atom stereocenters. The molecule has 0 bridgehead atoms. The summed E-state index contributed by atoms with van der Waals surface area (Å²) in [6.07, 6.45) is 0.567. The zero-order chi connectivity index (χ0) is 16.3. The van der Waals surface area contributed by atoms with Crippen LogP contribution in [0.3, 0.4) is 0 Å².